The molecular formula is C21H14N2O2S2. The van der Waals surface area contributed by atoms with Crippen molar-refractivity contribution in [3.63, 3.8) is 0 Å². The van der Waals surface area contributed by atoms with Crippen molar-refractivity contribution in [2.24, 2.45) is 0 Å². The molecule has 2 amide bonds. The summed E-state index contributed by atoms with van der Waals surface area (Å²) >= 11 is 6.46. The maximum atomic E-state index is 12.8. The predicted molar refractivity (Wildman–Crippen MR) is 113 cm³/mol. The fourth-order valence-electron chi connectivity index (χ4n) is 2.84. The first kappa shape index (κ1) is 17.5. The van der Waals surface area contributed by atoms with Gasteiger partial charge in [0.05, 0.1) is 4.91 Å². The zero-order valence-corrected chi connectivity index (χ0v) is 15.7. The van der Waals surface area contributed by atoms with Crippen molar-refractivity contribution in [2.45, 2.75) is 0 Å². The molecule has 0 spiro atoms. The Morgan fingerprint density at radius 1 is 0.963 bits per heavy atom. The van der Waals surface area contributed by atoms with Crippen LogP contribution in [0.1, 0.15) is 15.9 Å². The third-order valence-electron chi connectivity index (χ3n) is 4.15. The minimum Gasteiger partial charge on any atom is -0.267 e. The van der Waals surface area contributed by atoms with Crippen molar-refractivity contribution in [1.29, 1.82) is 0 Å². The van der Waals surface area contributed by atoms with E-state index in [4.69, 9.17) is 12.2 Å². The molecule has 1 fully saturated rings. The van der Waals surface area contributed by atoms with E-state index in [1.165, 1.54) is 11.8 Å². The minimum atomic E-state index is -0.377. The van der Waals surface area contributed by atoms with Gasteiger partial charge in [0.15, 0.2) is 4.32 Å². The summed E-state index contributed by atoms with van der Waals surface area (Å²) in [6.07, 6.45) is 1.82. The number of nitrogens with one attached hydrogen (secondary N) is 1. The van der Waals surface area contributed by atoms with Gasteiger partial charge < -0.3 is 0 Å². The second kappa shape index (κ2) is 7.34. The van der Waals surface area contributed by atoms with Crippen LogP contribution in [0.3, 0.4) is 0 Å². The molecular weight excluding hydrogens is 376 g/mol. The molecule has 0 unspecified atom stereocenters. The number of thiocarbonyl (C=S) groups is 1. The van der Waals surface area contributed by atoms with E-state index in [0.29, 0.717) is 14.8 Å². The summed E-state index contributed by atoms with van der Waals surface area (Å²) in [4.78, 5) is 25.6. The van der Waals surface area contributed by atoms with Crippen LogP contribution in [0.25, 0.3) is 16.8 Å². The molecule has 1 heterocycles. The van der Waals surface area contributed by atoms with Crippen molar-refractivity contribution >= 4 is 57.0 Å². The highest BCUT2D eigenvalue weighted by atomic mass is 32.2. The Hall–Kier alpha value is -2.96. The molecule has 3 aromatic rings. The van der Waals surface area contributed by atoms with E-state index in [1.807, 2.05) is 54.6 Å². The summed E-state index contributed by atoms with van der Waals surface area (Å²) < 4.78 is 0.302. The number of carbonyl (C=O) groups excluding carboxylic acids is 2. The average molecular weight is 390 g/mol. The second-order valence-electron chi connectivity index (χ2n) is 5.89. The summed E-state index contributed by atoms with van der Waals surface area (Å²) in [6, 6.07) is 22.6. The van der Waals surface area contributed by atoms with Crippen molar-refractivity contribution in [3.05, 3.63) is 88.8 Å². The van der Waals surface area contributed by atoms with E-state index < -0.39 is 0 Å². The largest absolute Gasteiger partial charge is 0.285 e. The van der Waals surface area contributed by atoms with Gasteiger partial charge in [0.2, 0.25) is 0 Å². The van der Waals surface area contributed by atoms with Gasteiger partial charge in [-0.25, -0.2) is 0 Å². The number of hydrogen-bond acceptors (Lipinski definition) is 4. The standard InChI is InChI=1S/C21H14N2O2S2/c24-19(15-8-2-1-3-9-15)22-23-20(25)18(27-21(23)26)13-16-11-6-10-14-7-4-5-12-17(14)16/h1-13H,(H,22,24)/b18-13+. The maximum absolute atomic E-state index is 12.8. The molecule has 0 aromatic heterocycles. The average Bonchev–Trinajstić information content (AvgIpc) is 2.96. The van der Waals surface area contributed by atoms with Crippen LogP contribution < -0.4 is 5.43 Å². The SMILES string of the molecule is O=C(NN1C(=O)/C(=C\c2cccc3ccccc23)SC1=S)c1ccccc1. The zero-order chi connectivity index (χ0) is 18.8. The highest BCUT2D eigenvalue weighted by Gasteiger charge is 2.33. The van der Waals surface area contributed by atoms with Crippen molar-refractivity contribution in [2.75, 3.05) is 0 Å². The highest BCUT2D eigenvalue weighted by Crippen LogP contribution is 2.33. The minimum absolute atomic E-state index is 0.302. The van der Waals surface area contributed by atoms with Crippen molar-refractivity contribution in [1.82, 2.24) is 10.4 Å². The highest BCUT2D eigenvalue weighted by molar-refractivity contribution is 8.26. The summed E-state index contributed by atoms with van der Waals surface area (Å²) in [5.41, 5.74) is 3.99. The number of nitrogens with zero attached hydrogens (tertiary/aromatic N) is 1. The molecule has 1 N–H and O–H groups in total. The Balaban J connectivity index is 1.61. The molecule has 4 nitrogen and oxygen atoms in total. The quantitative estimate of drug-likeness (QED) is 0.532. The Morgan fingerprint density at radius 2 is 1.67 bits per heavy atom. The van der Waals surface area contributed by atoms with E-state index in [2.05, 4.69) is 5.43 Å². The molecule has 132 valence electrons. The lowest BCUT2D eigenvalue weighted by atomic mass is 10.0. The van der Waals surface area contributed by atoms with Crippen LogP contribution in [0, 0.1) is 0 Å². The molecule has 27 heavy (non-hydrogen) atoms. The number of amides is 2. The monoisotopic (exact) mass is 390 g/mol. The Morgan fingerprint density at radius 3 is 2.48 bits per heavy atom. The molecule has 1 saturated heterocycles. The molecule has 0 atom stereocenters. The van der Waals surface area contributed by atoms with Crippen LogP contribution in [0.5, 0.6) is 0 Å². The van der Waals surface area contributed by atoms with E-state index in [-0.39, 0.29) is 11.8 Å². The first-order chi connectivity index (χ1) is 13.1. The maximum Gasteiger partial charge on any atom is 0.285 e. The number of benzene rings is 3. The summed E-state index contributed by atoms with van der Waals surface area (Å²) in [7, 11) is 0. The number of rotatable bonds is 3. The van der Waals surface area contributed by atoms with Crippen LogP contribution in [-0.4, -0.2) is 21.1 Å². The molecule has 3 aromatic carbocycles. The van der Waals surface area contributed by atoms with Gasteiger partial charge in [-0.3, -0.25) is 15.0 Å². The number of carbonyl (C=O) groups is 2. The van der Waals surface area contributed by atoms with Gasteiger partial charge in [-0.05, 0) is 46.8 Å². The molecule has 0 bridgehead atoms. The predicted octanol–water partition coefficient (Wildman–Crippen LogP) is 4.39. The third-order valence-corrected chi connectivity index (χ3v) is 5.46. The number of thioether (sulfide) groups is 1. The Bertz CT molecular complexity index is 1090. The van der Waals surface area contributed by atoms with Gasteiger partial charge in [-0.15, -0.1) is 0 Å². The van der Waals surface area contributed by atoms with E-state index in [9.17, 15) is 9.59 Å². The van der Waals surface area contributed by atoms with Gasteiger partial charge in [-0.2, -0.15) is 5.01 Å². The van der Waals surface area contributed by atoms with Crippen molar-refractivity contribution in [3.8, 4) is 0 Å². The Kier molecular flexibility index (Phi) is 4.75. The van der Waals surface area contributed by atoms with E-state index in [0.717, 1.165) is 21.3 Å². The fourth-order valence-corrected chi connectivity index (χ4v) is 4.01. The molecule has 6 heteroatoms. The third kappa shape index (κ3) is 3.49. The summed E-state index contributed by atoms with van der Waals surface area (Å²) in [5, 5.41) is 3.28. The van der Waals surface area contributed by atoms with E-state index >= 15 is 0 Å². The fraction of sp³-hybridized carbons (Fsp3) is 0. The van der Waals surface area contributed by atoms with E-state index in [1.54, 1.807) is 24.3 Å². The lowest BCUT2D eigenvalue weighted by molar-refractivity contribution is -0.123. The van der Waals surface area contributed by atoms with Crippen molar-refractivity contribution < 1.29 is 9.59 Å². The molecule has 4 rings (SSSR count). The topological polar surface area (TPSA) is 49.4 Å². The summed E-state index contributed by atoms with van der Waals surface area (Å²) in [5.74, 6) is -0.708. The molecule has 0 saturated carbocycles. The van der Waals surface area contributed by atoms with Crippen LogP contribution in [0.4, 0.5) is 0 Å². The Labute approximate surface area is 165 Å². The number of fused-ring (bicyclic) bond motifs is 1. The van der Waals surface area contributed by atoms with Gasteiger partial charge in [-0.1, -0.05) is 72.4 Å². The van der Waals surface area contributed by atoms with Crippen LogP contribution >= 0.6 is 24.0 Å². The zero-order valence-electron chi connectivity index (χ0n) is 14.1. The van der Waals surface area contributed by atoms with Gasteiger partial charge in [0, 0.05) is 5.56 Å². The van der Waals surface area contributed by atoms with Gasteiger partial charge in [0.1, 0.15) is 0 Å². The molecule has 0 aliphatic carbocycles. The lowest BCUT2D eigenvalue weighted by Crippen LogP contribution is -2.44. The van der Waals surface area contributed by atoms with Gasteiger partial charge >= 0.3 is 0 Å². The van der Waals surface area contributed by atoms with Crippen LogP contribution in [0.2, 0.25) is 0 Å². The normalized spacial score (nSPS) is 15.6. The molecule has 1 aliphatic rings. The lowest BCUT2D eigenvalue weighted by Gasteiger charge is -2.15. The number of hydrazine groups is 1. The molecule has 1 aliphatic heterocycles. The first-order valence-corrected chi connectivity index (χ1v) is 9.48. The van der Waals surface area contributed by atoms with Gasteiger partial charge in [0.25, 0.3) is 11.8 Å². The van der Waals surface area contributed by atoms with Crippen LogP contribution in [0.15, 0.2) is 77.7 Å². The first-order valence-electron chi connectivity index (χ1n) is 8.25. The summed E-state index contributed by atoms with van der Waals surface area (Å²) in [6.45, 7) is 0. The second-order valence-corrected chi connectivity index (χ2v) is 7.57. The number of hydrogen-bond donors (Lipinski definition) is 1. The molecule has 0 radical (unpaired) electrons. The smallest absolute Gasteiger partial charge is 0.267 e. The van der Waals surface area contributed by atoms with Crippen LogP contribution in [-0.2, 0) is 4.79 Å².